The Bertz CT molecular complexity index is 5360. The highest BCUT2D eigenvalue weighted by Crippen LogP contribution is 2.38. The first-order valence-corrected chi connectivity index (χ1v) is 46.1. The van der Waals surface area contributed by atoms with Crippen LogP contribution in [0.2, 0.25) is 0 Å². The molecule has 21 N–H and O–H groups in total. The number of imide groups is 1. The number of nitrogens with one attached hydrogen (secondary N) is 12. The van der Waals surface area contributed by atoms with Crippen LogP contribution in [0.1, 0.15) is 172 Å². The summed E-state index contributed by atoms with van der Waals surface area (Å²) in [6.45, 7) is 15.7. The number of carbonyl (C=O) groups is 13. The highest BCUT2D eigenvalue weighted by Gasteiger charge is 2.44. The number of carboxylic acid groups (broad SMARTS) is 1. The zero-order chi connectivity index (χ0) is 99.1. The summed E-state index contributed by atoms with van der Waals surface area (Å²) in [6, 6.07) is 38.7. The largest absolute Gasteiger partial charge is 0.508 e. The number of phenolic OH excluding ortho intramolecular Hbond substituents is 1. The molecular formula is C100H133N19O17. The van der Waals surface area contributed by atoms with E-state index >= 15 is 0 Å². The van der Waals surface area contributed by atoms with Crippen LogP contribution in [0.5, 0.6) is 11.5 Å². The molecule has 11 rings (SSSR count). The molecule has 0 bridgehead atoms. The van der Waals surface area contributed by atoms with Gasteiger partial charge in [-0.2, -0.15) is 0 Å². The molecule has 5 heterocycles. The first-order chi connectivity index (χ1) is 65.0. The number of phenols is 1. The number of anilines is 1. The van der Waals surface area contributed by atoms with Gasteiger partial charge >= 0.3 is 0 Å². The van der Waals surface area contributed by atoms with E-state index in [2.05, 4.69) is 184 Å². The van der Waals surface area contributed by atoms with Crippen LogP contribution in [-0.4, -0.2) is 231 Å². The standard InChI is InChI=1S/C59H84N16O12.C26H29NO.C13H16N2O2.C2H4O2/c1-6-63-57(86)48-14-10-22-75(48)58(87)41(13-9-21-64-59(60)61)68-51(80)42(23-32(2)3)69-52(81)43(24-33(4)5)70-53(82)44(25-34-15-17-37(77)18-16-34)71-56(85)47(30-76)74-54(83)45(26-35-28-65-39-12-8-7-11-38(35)39)72-55(84)46(27-36-29-62-31-66-36)73-50(79)40-19-20-49(78)67-40;1-4-25(21-11-7-5-8-12-21)26(22-13-9-6-10-14-22)23-15-17-24(18-16-23)28-20-19-27(2)3;1-2-13(8-7-11(16)15-12(13)17)9-3-5-10(14)6-4-9;1-2(3)4/h7-8,11-12,15-18,28-29,31-33,40-48,65,76-77H,6,9-10,13-14,19-27,30H2,1-5H3,(H,62,66)(H,63,86)(H,67,78)(H,68,80)(H,69,81)(H,70,82)(H,71,85)(H,72,84)(H,73,79)(H,74,83)(H4,60,61,64);5-18H,4,19-20H2,1-3H3;3-6H,2,7-8,14H2,1H3,(H,15,16,17);1H3,(H,3,4)/b;26-25-;;/t40-,41-,42-,43+,44-,45-,46-,47-,48-;;;/m0.../s1. The van der Waals surface area contributed by atoms with E-state index < -0.39 is 120 Å². The lowest BCUT2D eigenvalue weighted by Crippen LogP contribution is -2.61. The molecule has 3 saturated heterocycles. The van der Waals surface area contributed by atoms with Crippen molar-refractivity contribution in [3.63, 3.8) is 0 Å². The number of fused-ring (bicyclic) bond motifs is 1. The molecular weight excluding hydrogens is 1740 g/mol. The van der Waals surface area contributed by atoms with Crippen LogP contribution < -0.4 is 75.1 Å². The maximum atomic E-state index is 14.7. The lowest BCUT2D eigenvalue weighted by atomic mass is 9.72. The Hall–Kier alpha value is -14.3. The van der Waals surface area contributed by atoms with E-state index in [9.17, 15) is 67.7 Å². The van der Waals surface area contributed by atoms with Gasteiger partial charge in [0.15, 0.2) is 5.96 Å². The number of allylic oxidation sites excluding steroid dienone is 1. The minimum absolute atomic E-state index is 0.0397. The van der Waals surface area contributed by atoms with Crippen molar-refractivity contribution in [3.8, 4) is 11.5 Å². The van der Waals surface area contributed by atoms with Crippen LogP contribution in [-0.2, 0) is 87.0 Å². The van der Waals surface area contributed by atoms with Gasteiger partial charge in [-0.05, 0) is 184 Å². The zero-order valence-corrected chi connectivity index (χ0v) is 79.0. The third-order valence-electron chi connectivity index (χ3n) is 23.2. The fourth-order valence-electron chi connectivity index (χ4n) is 16.2. The van der Waals surface area contributed by atoms with Crippen LogP contribution in [0.3, 0.4) is 0 Å². The number of nitrogen functional groups attached to an aromatic ring is 1. The van der Waals surface area contributed by atoms with Crippen molar-refractivity contribution < 1.29 is 82.4 Å². The molecule has 0 spiro atoms. The number of hydrogen-bond donors (Lipinski definition) is 18. The summed E-state index contributed by atoms with van der Waals surface area (Å²) >= 11 is 0. The van der Waals surface area contributed by atoms with Crippen LogP contribution in [0.4, 0.5) is 5.69 Å². The van der Waals surface area contributed by atoms with Gasteiger partial charge in [0.05, 0.1) is 18.3 Å². The second-order valence-electron chi connectivity index (χ2n) is 34.8. The number of nitrogens with two attached hydrogens (primary N) is 3. The number of aliphatic hydroxyl groups is 1. The predicted octanol–water partition coefficient (Wildman–Crippen LogP) is 6.00. The first kappa shape index (κ1) is 107. The van der Waals surface area contributed by atoms with Gasteiger partial charge < -0.3 is 105 Å². The number of aromatic amines is 2. The number of carboxylic acids is 1. The quantitative estimate of drug-likeness (QED) is 0.00520. The smallest absolute Gasteiger partial charge is 0.300 e. The Morgan fingerprint density at radius 2 is 1.18 bits per heavy atom. The van der Waals surface area contributed by atoms with Gasteiger partial charge in [0.25, 0.3) is 5.97 Å². The number of likely N-dealkylation sites (tertiary alicyclic amines) is 1. The van der Waals surface area contributed by atoms with E-state index in [0.717, 1.165) is 36.7 Å². The van der Waals surface area contributed by atoms with Gasteiger partial charge in [0, 0.05) is 99.9 Å². The SMILES string of the molecule is CC(=O)O.CC/C(=C(\c1ccccc1)c1ccc(OCCN(C)C)cc1)c1ccccc1.CCC1(c2ccc(N)cc2)CCC(=O)NC1=O.CCNC(=O)[C@@H]1CCCN1C(=O)[C@H](CCCN=C(N)N)NC(=O)[C@H](CC(C)C)NC(=O)[C@@H](CC(C)C)NC(=O)[C@H](Cc1ccc(O)cc1)NC(=O)[C@H](CO)NC(=O)[C@H](Cc1c[nH]c2ccccc12)NC(=O)[C@H](Cc1cnc[nH]1)NC(=O)[C@@H]1CCC(=O)N1. The average molecular weight is 1870 g/mol. The Labute approximate surface area is 792 Å². The number of amides is 12. The molecule has 730 valence electrons. The van der Waals surface area contributed by atoms with Crippen molar-refractivity contribution in [2.24, 2.45) is 28.3 Å². The number of aromatic hydroxyl groups is 1. The summed E-state index contributed by atoms with van der Waals surface area (Å²) in [6.07, 6.45) is 8.41. The van der Waals surface area contributed by atoms with E-state index in [0.29, 0.717) is 73.2 Å². The fraction of sp³-hybridized carbons (Fsp3) is 0.430. The number of imidazole rings is 1. The van der Waals surface area contributed by atoms with E-state index in [-0.39, 0.29) is 118 Å². The Morgan fingerprint density at radius 3 is 1.72 bits per heavy atom. The number of nitrogens with zero attached hydrogens (tertiary/aromatic N) is 4. The minimum Gasteiger partial charge on any atom is -0.508 e. The number of aliphatic carboxylic acids is 1. The number of piperidine rings is 1. The summed E-state index contributed by atoms with van der Waals surface area (Å²) < 4.78 is 5.87. The van der Waals surface area contributed by atoms with Gasteiger partial charge in [-0.25, -0.2) is 4.98 Å². The second kappa shape index (κ2) is 53.6. The number of carbonyl (C=O) groups excluding carboxylic acids is 12. The van der Waals surface area contributed by atoms with E-state index in [1.54, 1.807) is 57.3 Å². The van der Waals surface area contributed by atoms with Crippen molar-refractivity contribution in [3.05, 3.63) is 216 Å². The number of guanidine groups is 1. The maximum absolute atomic E-state index is 14.7. The van der Waals surface area contributed by atoms with Crippen molar-refractivity contribution >= 4 is 111 Å². The molecule has 6 aromatic carbocycles. The van der Waals surface area contributed by atoms with Crippen LogP contribution in [0.25, 0.3) is 22.0 Å². The number of aliphatic hydroxyl groups excluding tert-OH is 1. The van der Waals surface area contributed by atoms with Crippen LogP contribution >= 0.6 is 0 Å². The minimum atomic E-state index is -1.75. The highest BCUT2D eigenvalue weighted by atomic mass is 16.5. The molecule has 0 radical (unpaired) electrons. The molecule has 136 heavy (non-hydrogen) atoms. The van der Waals surface area contributed by atoms with Crippen LogP contribution in [0, 0.1) is 11.8 Å². The number of aromatic nitrogens is 3. The molecule has 1 unspecified atom stereocenters. The average Bonchev–Trinajstić information content (AvgIpc) is 1.65. The third kappa shape index (κ3) is 32.8. The van der Waals surface area contributed by atoms with Crippen LogP contribution in [0.15, 0.2) is 181 Å². The van der Waals surface area contributed by atoms with Gasteiger partial charge in [-0.3, -0.25) is 72.6 Å². The number of H-pyrrole nitrogens is 2. The number of rotatable bonds is 42. The van der Waals surface area contributed by atoms with E-state index in [4.69, 9.17) is 31.8 Å². The number of ether oxygens (including phenoxy) is 1. The van der Waals surface area contributed by atoms with Crippen molar-refractivity contribution in [2.75, 3.05) is 59.2 Å². The fourth-order valence-corrected chi connectivity index (χ4v) is 16.2. The number of para-hydroxylation sites is 1. The molecule has 12 amide bonds. The van der Waals surface area contributed by atoms with Crippen molar-refractivity contribution in [2.45, 2.75) is 211 Å². The normalized spacial score (nSPS) is 16.7. The molecule has 36 nitrogen and oxygen atoms in total. The third-order valence-corrected chi connectivity index (χ3v) is 23.2. The predicted molar refractivity (Wildman–Crippen MR) is 518 cm³/mol. The number of likely N-dealkylation sites (N-methyl/N-ethyl adjacent to an activating group) is 2. The Balaban J connectivity index is 0.000000370. The van der Waals surface area contributed by atoms with Gasteiger partial charge in [-0.15, -0.1) is 0 Å². The topological polar surface area (TPSA) is 554 Å². The van der Waals surface area contributed by atoms with E-state index in [1.165, 1.54) is 69.5 Å². The Morgan fingerprint density at radius 1 is 0.625 bits per heavy atom. The number of hydrogen-bond acceptors (Lipinski definition) is 20. The molecule has 3 aliphatic heterocycles. The molecule has 3 aliphatic rings. The summed E-state index contributed by atoms with van der Waals surface area (Å²) in [5.74, 6) is -7.85. The first-order valence-electron chi connectivity index (χ1n) is 46.1. The molecule has 0 saturated carbocycles. The van der Waals surface area contributed by atoms with Gasteiger partial charge in [0.2, 0.25) is 70.9 Å². The van der Waals surface area contributed by atoms with Crippen molar-refractivity contribution in [1.29, 1.82) is 0 Å². The zero-order valence-electron chi connectivity index (χ0n) is 79.0. The summed E-state index contributed by atoms with van der Waals surface area (Å²) in [5.41, 5.74) is 26.3. The number of benzene rings is 6. The molecule has 36 heteroatoms. The summed E-state index contributed by atoms with van der Waals surface area (Å²) in [5, 5.41) is 55.7. The summed E-state index contributed by atoms with van der Waals surface area (Å²) in [4.78, 5) is 190. The second-order valence-corrected chi connectivity index (χ2v) is 34.8. The Kier molecular flexibility index (Phi) is 42.2. The van der Waals surface area contributed by atoms with Gasteiger partial charge in [-0.1, -0.05) is 157 Å². The van der Waals surface area contributed by atoms with Crippen molar-refractivity contribution in [1.82, 2.24) is 77.9 Å². The lowest BCUT2D eigenvalue weighted by molar-refractivity contribution is -0.142. The molecule has 3 fully saturated rings. The molecule has 0 aliphatic carbocycles. The number of aliphatic imine (C=N–C) groups is 1. The lowest BCUT2D eigenvalue weighted by Gasteiger charge is -2.34. The van der Waals surface area contributed by atoms with E-state index in [1.807, 2.05) is 39.0 Å². The molecule has 8 aromatic rings. The molecule has 10 atom stereocenters. The van der Waals surface area contributed by atoms with Gasteiger partial charge in [0.1, 0.15) is 72.5 Å². The monoisotopic (exact) mass is 1870 g/mol. The molecule has 2 aromatic heterocycles. The summed E-state index contributed by atoms with van der Waals surface area (Å²) in [7, 11) is 4.11. The highest BCUT2D eigenvalue weighted by molar-refractivity contribution is 6.04. The maximum Gasteiger partial charge on any atom is 0.300 e.